The van der Waals surface area contributed by atoms with Crippen LogP contribution in [0.3, 0.4) is 0 Å². The summed E-state index contributed by atoms with van der Waals surface area (Å²) in [7, 11) is 1.61. The molecule has 5 nitrogen and oxygen atoms in total. The van der Waals surface area contributed by atoms with Gasteiger partial charge >= 0.3 is 0 Å². The lowest BCUT2D eigenvalue weighted by molar-refractivity contribution is -0.120. The maximum absolute atomic E-state index is 13.3. The number of hydrogen-bond donors (Lipinski definition) is 0. The number of ether oxygens (including phenoxy) is 2. The summed E-state index contributed by atoms with van der Waals surface area (Å²) in [5.74, 6) is 0.825. The smallest absolute Gasteiger partial charge is 0.267 e. The molecule has 0 radical (unpaired) electrons. The van der Waals surface area contributed by atoms with Gasteiger partial charge in [0.2, 0.25) is 0 Å². The molecule has 0 aliphatic rings. The van der Waals surface area contributed by atoms with Crippen LogP contribution in [0.25, 0.3) is 10.2 Å². The fourth-order valence-electron chi connectivity index (χ4n) is 3.22. The number of benzene rings is 3. The van der Waals surface area contributed by atoms with Crippen molar-refractivity contribution in [2.24, 2.45) is 0 Å². The summed E-state index contributed by atoms with van der Waals surface area (Å²) in [6.45, 7) is 2.18. The molecule has 32 heavy (non-hydrogen) atoms. The molecular formula is C24H20Cl2N2O3S. The molecule has 1 amide bonds. The first-order valence-corrected chi connectivity index (χ1v) is 11.4. The van der Waals surface area contributed by atoms with Gasteiger partial charge in [0.05, 0.1) is 23.4 Å². The Labute approximate surface area is 200 Å². The van der Waals surface area contributed by atoms with Crippen molar-refractivity contribution in [2.45, 2.75) is 13.5 Å². The van der Waals surface area contributed by atoms with E-state index in [4.69, 9.17) is 37.7 Å². The minimum atomic E-state index is -0.240. The van der Waals surface area contributed by atoms with E-state index in [1.54, 1.807) is 30.2 Å². The topological polar surface area (TPSA) is 51.7 Å². The van der Waals surface area contributed by atoms with Crippen molar-refractivity contribution >= 4 is 55.8 Å². The molecule has 0 aliphatic carbocycles. The van der Waals surface area contributed by atoms with E-state index >= 15 is 0 Å². The Morgan fingerprint density at radius 2 is 1.81 bits per heavy atom. The van der Waals surface area contributed by atoms with Crippen LogP contribution < -0.4 is 14.4 Å². The van der Waals surface area contributed by atoms with Gasteiger partial charge in [-0.05, 0) is 42.3 Å². The summed E-state index contributed by atoms with van der Waals surface area (Å²) in [6, 6.07) is 18.5. The number of nitrogens with zero attached hydrogens (tertiary/aromatic N) is 2. The molecule has 0 saturated carbocycles. The largest absolute Gasteiger partial charge is 0.494 e. The first-order chi connectivity index (χ1) is 15.5. The molecule has 164 valence electrons. The van der Waals surface area contributed by atoms with E-state index < -0.39 is 0 Å². The fraction of sp³-hybridized carbons (Fsp3) is 0.167. The number of fused-ring (bicyclic) bond motifs is 1. The average Bonchev–Trinajstić information content (AvgIpc) is 3.24. The summed E-state index contributed by atoms with van der Waals surface area (Å²) in [4.78, 5) is 19.7. The summed E-state index contributed by atoms with van der Waals surface area (Å²) < 4.78 is 12.2. The first kappa shape index (κ1) is 22.4. The third-order valence-electron chi connectivity index (χ3n) is 4.87. The number of aromatic nitrogens is 1. The lowest BCUT2D eigenvalue weighted by Gasteiger charge is -2.20. The number of anilines is 1. The average molecular weight is 487 g/mol. The van der Waals surface area contributed by atoms with Crippen LogP contribution in [-0.4, -0.2) is 24.6 Å². The number of hydrogen-bond acceptors (Lipinski definition) is 5. The second kappa shape index (κ2) is 9.77. The number of carbonyl (C=O) groups is 1. The molecule has 0 bridgehead atoms. The zero-order chi connectivity index (χ0) is 22.7. The number of methoxy groups -OCH3 is 1. The van der Waals surface area contributed by atoms with Crippen LogP contribution >= 0.6 is 34.5 Å². The Kier molecular flexibility index (Phi) is 6.84. The summed E-state index contributed by atoms with van der Waals surface area (Å²) in [5.41, 5.74) is 2.79. The van der Waals surface area contributed by atoms with Crippen molar-refractivity contribution in [3.63, 3.8) is 0 Å². The molecule has 0 atom stereocenters. The Morgan fingerprint density at radius 1 is 1.06 bits per heavy atom. The highest BCUT2D eigenvalue weighted by Gasteiger charge is 2.23. The highest BCUT2D eigenvalue weighted by atomic mass is 35.5. The number of aryl methyl sites for hydroxylation is 1. The van der Waals surface area contributed by atoms with Gasteiger partial charge in [-0.2, -0.15) is 0 Å². The predicted octanol–water partition coefficient (Wildman–Crippen LogP) is 6.53. The van der Waals surface area contributed by atoms with Gasteiger partial charge in [-0.25, -0.2) is 4.98 Å². The van der Waals surface area contributed by atoms with Gasteiger partial charge in [0.25, 0.3) is 5.91 Å². The third kappa shape index (κ3) is 4.83. The molecule has 0 fully saturated rings. The Hall–Kier alpha value is -2.80. The molecule has 1 aromatic heterocycles. The molecule has 8 heteroatoms. The van der Waals surface area contributed by atoms with Crippen LogP contribution in [0.5, 0.6) is 11.5 Å². The van der Waals surface area contributed by atoms with E-state index in [9.17, 15) is 4.79 Å². The quantitative estimate of drug-likeness (QED) is 0.297. The molecular weight excluding hydrogens is 467 g/mol. The Balaban J connectivity index is 1.66. The van der Waals surface area contributed by atoms with Crippen molar-refractivity contribution in [1.82, 2.24) is 4.98 Å². The molecule has 1 heterocycles. The highest BCUT2D eigenvalue weighted by molar-refractivity contribution is 7.22. The zero-order valence-corrected chi connectivity index (χ0v) is 19.8. The van der Waals surface area contributed by atoms with Crippen LogP contribution in [0.15, 0.2) is 60.7 Å². The number of rotatable bonds is 7. The van der Waals surface area contributed by atoms with Crippen LogP contribution in [0.2, 0.25) is 10.0 Å². The number of halogens is 2. The molecule has 3 aromatic carbocycles. The van der Waals surface area contributed by atoms with Crippen molar-refractivity contribution in [3.05, 3.63) is 81.8 Å². The van der Waals surface area contributed by atoms with E-state index in [1.807, 2.05) is 49.4 Å². The molecule has 0 unspecified atom stereocenters. The normalized spacial score (nSPS) is 10.9. The second-order valence-electron chi connectivity index (χ2n) is 7.09. The third-order valence-corrected chi connectivity index (χ3v) is 6.62. The van der Waals surface area contributed by atoms with Crippen molar-refractivity contribution in [2.75, 3.05) is 18.6 Å². The van der Waals surface area contributed by atoms with E-state index in [0.29, 0.717) is 33.2 Å². The van der Waals surface area contributed by atoms with E-state index in [2.05, 4.69) is 0 Å². The second-order valence-corrected chi connectivity index (χ2v) is 8.91. The number of carbonyl (C=O) groups excluding carboxylic acids is 1. The predicted molar refractivity (Wildman–Crippen MR) is 130 cm³/mol. The minimum Gasteiger partial charge on any atom is -0.494 e. The van der Waals surface area contributed by atoms with Crippen molar-refractivity contribution in [1.29, 1.82) is 0 Å². The molecule has 4 rings (SSSR count). The lowest BCUT2D eigenvalue weighted by Crippen LogP contribution is -2.34. The van der Waals surface area contributed by atoms with Crippen LogP contribution in [0.4, 0.5) is 5.13 Å². The van der Waals surface area contributed by atoms with E-state index in [1.165, 1.54) is 11.3 Å². The summed E-state index contributed by atoms with van der Waals surface area (Å²) in [5, 5.41) is 1.42. The highest BCUT2D eigenvalue weighted by Crippen LogP contribution is 2.37. The summed E-state index contributed by atoms with van der Waals surface area (Å²) in [6.07, 6.45) is 0. The van der Waals surface area contributed by atoms with Crippen molar-refractivity contribution in [3.8, 4) is 11.5 Å². The zero-order valence-electron chi connectivity index (χ0n) is 17.5. The van der Waals surface area contributed by atoms with Gasteiger partial charge in [0, 0.05) is 5.02 Å². The number of amides is 1. The molecule has 0 aliphatic heterocycles. The van der Waals surface area contributed by atoms with Gasteiger partial charge in [-0.3, -0.25) is 9.69 Å². The number of thiazole rings is 1. The summed E-state index contributed by atoms with van der Waals surface area (Å²) >= 11 is 13.6. The van der Waals surface area contributed by atoms with Gasteiger partial charge in [-0.15, -0.1) is 0 Å². The van der Waals surface area contributed by atoms with Crippen molar-refractivity contribution < 1.29 is 14.3 Å². The fourth-order valence-corrected chi connectivity index (χ4v) is 4.75. The Morgan fingerprint density at radius 3 is 2.53 bits per heavy atom. The molecule has 0 saturated heterocycles. The Bertz CT molecular complexity index is 1260. The molecule has 0 spiro atoms. The van der Waals surface area contributed by atoms with E-state index in [-0.39, 0.29) is 12.5 Å². The van der Waals surface area contributed by atoms with Crippen LogP contribution in [0.1, 0.15) is 11.1 Å². The van der Waals surface area contributed by atoms with Crippen LogP contribution in [-0.2, 0) is 11.3 Å². The first-order valence-electron chi connectivity index (χ1n) is 9.82. The van der Waals surface area contributed by atoms with E-state index in [0.717, 1.165) is 21.3 Å². The molecule has 4 aromatic rings. The monoisotopic (exact) mass is 486 g/mol. The van der Waals surface area contributed by atoms with Crippen LogP contribution in [0, 0.1) is 6.92 Å². The standard InChI is InChI=1S/C24H20Cl2N2O3S/c1-15-8-10-20(30-2)22-23(15)32-24(27-22)28(13-16-6-4-3-5-7-16)21(29)14-31-19-11-9-17(25)12-18(19)26/h3-12H,13-14H2,1-2H3. The van der Waals surface area contributed by atoms with Gasteiger partial charge in [0.15, 0.2) is 11.7 Å². The minimum absolute atomic E-state index is 0.194. The lowest BCUT2D eigenvalue weighted by atomic mass is 10.2. The SMILES string of the molecule is COc1ccc(C)c2sc(N(Cc3ccccc3)C(=O)COc3ccc(Cl)cc3Cl)nc12. The van der Waals surface area contributed by atoms with Gasteiger partial charge in [0.1, 0.15) is 17.0 Å². The maximum atomic E-state index is 13.3. The molecule has 0 N–H and O–H groups in total. The van der Waals surface area contributed by atoms with Gasteiger partial charge < -0.3 is 9.47 Å². The van der Waals surface area contributed by atoms with Gasteiger partial charge in [-0.1, -0.05) is 70.9 Å². The maximum Gasteiger partial charge on any atom is 0.267 e.